The second kappa shape index (κ2) is 7.26. The Balaban J connectivity index is 2.44. The smallest absolute Gasteiger partial charge is 0.265 e. The molecule has 0 atom stereocenters. The van der Waals surface area contributed by atoms with Crippen LogP contribution in [0.3, 0.4) is 0 Å². The van der Waals surface area contributed by atoms with Gasteiger partial charge in [0.15, 0.2) is 0 Å². The Kier molecular flexibility index (Phi) is 5.61. The molecule has 0 spiro atoms. The monoisotopic (exact) mass is 357 g/mol. The van der Waals surface area contributed by atoms with Crippen LogP contribution in [0.2, 0.25) is 5.02 Å². The zero-order valence-corrected chi connectivity index (χ0v) is 14.6. The number of thioether (sulfide) groups is 1. The van der Waals surface area contributed by atoms with Crippen molar-refractivity contribution in [3.05, 3.63) is 47.5 Å². The third-order valence-corrected chi connectivity index (χ3v) is 5.26. The molecule has 0 aromatic heterocycles. The lowest BCUT2D eigenvalue weighted by atomic mass is 10.3. The maximum Gasteiger partial charge on any atom is 0.265 e. The van der Waals surface area contributed by atoms with Crippen LogP contribution in [0.5, 0.6) is 5.75 Å². The number of hydrogen-bond donors (Lipinski definition) is 1. The first-order chi connectivity index (χ1) is 10.5. The molecule has 0 radical (unpaired) electrons. The van der Waals surface area contributed by atoms with Gasteiger partial charge >= 0.3 is 0 Å². The molecule has 0 fully saturated rings. The number of benzene rings is 2. The molecule has 22 heavy (non-hydrogen) atoms. The van der Waals surface area contributed by atoms with Crippen molar-refractivity contribution in [2.45, 2.75) is 16.7 Å². The fourth-order valence-electron chi connectivity index (χ4n) is 1.90. The number of halogens is 1. The summed E-state index contributed by atoms with van der Waals surface area (Å²) in [5.74, 6) is 0.279. The molecule has 2 rings (SSSR count). The molecule has 118 valence electrons. The molecule has 1 N–H and O–H groups in total. The minimum Gasteiger partial charge on any atom is -0.492 e. The first-order valence-corrected chi connectivity index (χ1v) is 9.64. The molecule has 7 heteroatoms. The van der Waals surface area contributed by atoms with E-state index in [-0.39, 0.29) is 10.6 Å². The third-order valence-electron chi connectivity index (χ3n) is 2.85. The zero-order chi connectivity index (χ0) is 16.2. The Morgan fingerprint density at radius 2 is 1.95 bits per heavy atom. The molecule has 4 nitrogen and oxygen atoms in total. The van der Waals surface area contributed by atoms with Gasteiger partial charge in [-0.25, -0.2) is 8.42 Å². The van der Waals surface area contributed by atoms with Gasteiger partial charge < -0.3 is 4.74 Å². The van der Waals surface area contributed by atoms with Gasteiger partial charge in [-0.1, -0.05) is 23.7 Å². The van der Waals surface area contributed by atoms with E-state index in [1.807, 2.05) is 18.4 Å². The van der Waals surface area contributed by atoms with Gasteiger partial charge in [-0.15, -0.1) is 11.8 Å². The van der Waals surface area contributed by atoms with E-state index >= 15 is 0 Å². The van der Waals surface area contributed by atoms with Crippen LogP contribution in [0, 0.1) is 0 Å². The van der Waals surface area contributed by atoms with Crippen molar-refractivity contribution in [2.24, 2.45) is 0 Å². The minimum absolute atomic E-state index is 0.0257. The van der Waals surface area contributed by atoms with Gasteiger partial charge in [0.25, 0.3) is 10.0 Å². The van der Waals surface area contributed by atoms with E-state index in [1.54, 1.807) is 31.2 Å². The molecule has 0 saturated heterocycles. The number of hydrogen-bond acceptors (Lipinski definition) is 4. The third kappa shape index (κ3) is 3.88. The Morgan fingerprint density at radius 1 is 1.23 bits per heavy atom. The Bertz CT molecular complexity index is 763. The van der Waals surface area contributed by atoms with Crippen molar-refractivity contribution < 1.29 is 13.2 Å². The summed E-state index contributed by atoms with van der Waals surface area (Å²) in [4.78, 5) is 0.865. The molecule has 0 aliphatic rings. The largest absolute Gasteiger partial charge is 0.492 e. The molecule has 0 unspecified atom stereocenters. The topological polar surface area (TPSA) is 55.4 Å². The number of para-hydroxylation sites is 1. The van der Waals surface area contributed by atoms with E-state index in [9.17, 15) is 8.42 Å². The second-order valence-electron chi connectivity index (χ2n) is 4.33. The van der Waals surface area contributed by atoms with Crippen LogP contribution >= 0.6 is 23.4 Å². The summed E-state index contributed by atoms with van der Waals surface area (Å²) in [6.07, 6.45) is 1.89. The highest BCUT2D eigenvalue weighted by Crippen LogP contribution is 2.31. The molecule has 0 aliphatic heterocycles. The number of nitrogens with one attached hydrogen (secondary N) is 1. The van der Waals surface area contributed by atoms with E-state index in [1.165, 1.54) is 17.8 Å². The van der Waals surface area contributed by atoms with Crippen LogP contribution in [0.4, 0.5) is 5.69 Å². The van der Waals surface area contributed by atoms with Crippen LogP contribution in [0.1, 0.15) is 6.92 Å². The Labute approximate surface area is 139 Å². The summed E-state index contributed by atoms with van der Waals surface area (Å²) in [7, 11) is -3.79. The second-order valence-corrected chi connectivity index (χ2v) is 7.27. The van der Waals surface area contributed by atoms with Crippen LogP contribution in [0.15, 0.2) is 52.3 Å². The average Bonchev–Trinajstić information content (AvgIpc) is 2.49. The van der Waals surface area contributed by atoms with Crippen molar-refractivity contribution in [3.8, 4) is 5.75 Å². The summed E-state index contributed by atoms with van der Waals surface area (Å²) >= 11 is 7.40. The molecule has 0 saturated carbocycles. The number of ether oxygens (including phenoxy) is 1. The summed E-state index contributed by atoms with van der Waals surface area (Å²) in [6, 6.07) is 11.7. The Morgan fingerprint density at radius 3 is 2.64 bits per heavy atom. The van der Waals surface area contributed by atoms with Gasteiger partial charge in [0, 0.05) is 9.92 Å². The van der Waals surface area contributed by atoms with Crippen LogP contribution in [0.25, 0.3) is 0 Å². The number of sulfonamides is 1. The maximum atomic E-state index is 12.7. The van der Waals surface area contributed by atoms with Gasteiger partial charge in [0.2, 0.25) is 0 Å². The van der Waals surface area contributed by atoms with Crippen molar-refractivity contribution >= 4 is 39.1 Å². The van der Waals surface area contributed by atoms with E-state index in [0.29, 0.717) is 17.3 Å². The van der Waals surface area contributed by atoms with Crippen molar-refractivity contribution in [2.75, 3.05) is 17.6 Å². The van der Waals surface area contributed by atoms with Gasteiger partial charge in [0.1, 0.15) is 10.6 Å². The normalized spacial score (nSPS) is 11.2. The van der Waals surface area contributed by atoms with Crippen molar-refractivity contribution in [1.29, 1.82) is 0 Å². The minimum atomic E-state index is -3.79. The fourth-order valence-corrected chi connectivity index (χ4v) is 4.00. The lowest BCUT2D eigenvalue weighted by molar-refractivity contribution is 0.331. The quantitative estimate of drug-likeness (QED) is 0.785. The zero-order valence-electron chi connectivity index (χ0n) is 12.2. The molecule has 0 bridgehead atoms. The van der Waals surface area contributed by atoms with E-state index < -0.39 is 10.0 Å². The number of rotatable bonds is 6. The van der Waals surface area contributed by atoms with Gasteiger partial charge in [-0.2, -0.15) is 0 Å². The predicted molar refractivity (Wildman–Crippen MR) is 91.7 cm³/mol. The summed E-state index contributed by atoms with van der Waals surface area (Å²) in [6.45, 7) is 2.16. The molecule has 0 amide bonds. The fraction of sp³-hybridized carbons (Fsp3) is 0.200. The molecule has 0 aliphatic carbocycles. The van der Waals surface area contributed by atoms with Crippen molar-refractivity contribution in [3.63, 3.8) is 0 Å². The van der Waals surface area contributed by atoms with E-state index in [0.717, 1.165) is 4.90 Å². The predicted octanol–water partition coefficient (Wildman–Crippen LogP) is 4.26. The highest BCUT2D eigenvalue weighted by atomic mass is 35.5. The summed E-state index contributed by atoms with van der Waals surface area (Å²) in [5.41, 5.74) is 0.525. The van der Waals surface area contributed by atoms with E-state index in [2.05, 4.69) is 4.72 Å². The van der Waals surface area contributed by atoms with Crippen molar-refractivity contribution in [1.82, 2.24) is 0 Å². The molecule has 2 aromatic rings. The SMILES string of the molecule is CCOc1ccc(Cl)cc1S(=O)(=O)Nc1ccccc1SC. The van der Waals surface area contributed by atoms with Gasteiger partial charge in [-0.3, -0.25) is 4.72 Å². The summed E-state index contributed by atoms with van der Waals surface area (Å²) < 4.78 is 33.3. The van der Waals surface area contributed by atoms with Crippen LogP contribution in [-0.4, -0.2) is 21.3 Å². The highest BCUT2D eigenvalue weighted by Gasteiger charge is 2.21. The van der Waals surface area contributed by atoms with E-state index in [4.69, 9.17) is 16.3 Å². The van der Waals surface area contributed by atoms with Crippen LogP contribution < -0.4 is 9.46 Å². The molecule has 0 heterocycles. The molecular formula is C15H16ClNO3S2. The Hall–Kier alpha value is -1.37. The summed E-state index contributed by atoms with van der Waals surface area (Å²) in [5, 5.41) is 0.335. The standard InChI is InChI=1S/C15H16ClNO3S2/c1-3-20-13-9-8-11(16)10-15(13)22(18,19)17-12-6-4-5-7-14(12)21-2/h4-10,17H,3H2,1-2H3. The average molecular weight is 358 g/mol. The first kappa shape index (κ1) is 17.0. The maximum absolute atomic E-state index is 12.7. The number of anilines is 1. The van der Waals surface area contributed by atoms with Gasteiger partial charge in [0.05, 0.1) is 12.3 Å². The lowest BCUT2D eigenvalue weighted by Gasteiger charge is -2.14. The molecular weight excluding hydrogens is 342 g/mol. The molecule has 2 aromatic carbocycles. The first-order valence-electron chi connectivity index (χ1n) is 6.56. The lowest BCUT2D eigenvalue weighted by Crippen LogP contribution is -2.15. The highest BCUT2D eigenvalue weighted by molar-refractivity contribution is 7.99. The van der Waals surface area contributed by atoms with Gasteiger partial charge in [-0.05, 0) is 43.5 Å². The van der Waals surface area contributed by atoms with Crippen LogP contribution in [-0.2, 0) is 10.0 Å².